The fourth-order valence-corrected chi connectivity index (χ4v) is 4.60. The van der Waals surface area contributed by atoms with Crippen LogP contribution in [0.4, 0.5) is 5.69 Å². The Bertz CT molecular complexity index is 1340. The van der Waals surface area contributed by atoms with Crippen LogP contribution in [0.2, 0.25) is 0 Å². The maximum Gasteiger partial charge on any atom is 0.272 e. The molecule has 0 atom stereocenters. The predicted octanol–water partition coefficient (Wildman–Crippen LogP) is 2.80. The average molecular weight is 462 g/mol. The van der Waals surface area contributed by atoms with Gasteiger partial charge in [-0.05, 0) is 42.0 Å². The molecule has 0 radical (unpaired) electrons. The number of non-ortho nitro benzene ring substituents is 1. The number of fused-ring (bicyclic) bond motifs is 1. The van der Waals surface area contributed by atoms with Crippen LogP contribution in [-0.2, 0) is 25.9 Å². The molecule has 2 aromatic carbocycles. The number of carbonyl (C=O) groups is 1. The molecule has 1 heterocycles. The Morgan fingerprint density at radius 1 is 1.26 bits per heavy atom. The Labute approximate surface area is 182 Å². The summed E-state index contributed by atoms with van der Waals surface area (Å²) in [6, 6.07) is 10.5. The number of sulfone groups is 1. The molecule has 0 fully saturated rings. The highest BCUT2D eigenvalue weighted by molar-refractivity contribution is 7.90. The van der Waals surface area contributed by atoms with Crippen LogP contribution in [0.15, 0.2) is 58.4 Å². The van der Waals surface area contributed by atoms with Crippen LogP contribution in [0.25, 0.3) is 16.3 Å². The number of nitro benzene ring substituents is 1. The number of rotatable bonds is 7. The van der Waals surface area contributed by atoms with Gasteiger partial charge in [0.15, 0.2) is 14.6 Å². The molecule has 0 spiro atoms. The van der Waals surface area contributed by atoms with E-state index >= 15 is 0 Å². The number of hydrogen-bond acceptors (Lipinski definition) is 7. The highest BCUT2D eigenvalue weighted by Gasteiger charge is 2.12. The van der Waals surface area contributed by atoms with Gasteiger partial charge in [0.2, 0.25) is 0 Å². The molecule has 31 heavy (non-hydrogen) atoms. The van der Waals surface area contributed by atoms with Crippen LogP contribution in [0, 0.1) is 10.1 Å². The molecular formula is C20H19N3O6S2. The first-order chi connectivity index (χ1) is 14.7. The van der Waals surface area contributed by atoms with E-state index in [9.17, 15) is 23.3 Å². The topological polar surface area (TPSA) is 121 Å². The van der Waals surface area contributed by atoms with E-state index in [1.807, 2.05) is 0 Å². The van der Waals surface area contributed by atoms with Crippen molar-refractivity contribution >= 4 is 49.1 Å². The van der Waals surface area contributed by atoms with Crippen LogP contribution in [0.3, 0.4) is 0 Å². The van der Waals surface area contributed by atoms with Crippen molar-refractivity contribution in [2.24, 2.45) is 4.99 Å². The molecule has 0 unspecified atom stereocenters. The molecule has 11 heteroatoms. The fourth-order valence-electron chi connectivity index (χ4n) is 2.77. The summed E-state index contributed by atoms with van der Waals surface area (Å²) >= 11 is 1.21. The summed E-state index contributed by atoms with van der Waals surface area (Å²) in [5.74, 6) is -0.514. The molecular weight excluding hydrogens is 442 g/mol. The molecule has 3 aromatic rings. The largest absolute Gasteiger partial charge is 0.383 e. The van der Waals surface area contributed by atoms with Crippen LogP contribution in [0.5, 0.6) is 0 Å². The third kappa shape index (κ3) is 5.51. The second-order valence-corrected chi connectivity index (χ2v) is 9.59. The summed E-state index contributed by atoms with van der Waals surface area (Å²) in [5.41, 5.74) is 1.34. The number of carbonyl (C=O) groups excluding carboxylic acids is 1. The smallest absolute Gasteiger partial charge is 0.272 e. The summed E-state index contributed by atoms with van der Waals surface area (Å²) in [5, 5.41) is 10.7. The lowest BCUT2D eigenvalue weighted by Gasteiger charge is -2.04. The Hall–Kier alpha value is -3.15. The third-order valence-electron chi connectivity index (χ3n) is 4.33. The molecule has 0 aliphatic rings. The first-order valence-electron chi connectivity index (χ1n) is 9.02. The second-order valence-electron chi connectivity index (χ2n) is 6.56. The van der Waals surface area contributed by atoms with E-state index in [-0.39, 0.29) is 10.6 Å². The lowest BCUT2D eigenvalue weighted by atomic mass is 10.2. The van der Waals surface area contributed by atoms with Gasteiger partial charge in [0.1, 0.15) is 0 Å². The molecule has 0 saturated carbocycles. The van der Waals surface area contributed by atoms with Crippen LogP contribution in [-0.4, -0.2) is 43.8 Å². The molecule has 1 amide bonds. The van der Waals surface area contributed by atoms with E-state index in [4.69, 9.17) is 4.74 Å². The predicted molar refractivity (Wildman–Crippen MR) is 118 cm³/mol. The molecule has 162 valence electrons. The van der Waals surface area contributed by atoms with Crippen molar-refractivity contribution in [1.29, 1.82) is 0 Å². The van der Waals surface area contributed by atoms with Crippen LogP contribution < -0.4 is 4.80 Å². The molecule has 0 aliphatic carbocycles. The number of amides is 1. The van der Waals surface area contributed by atoms with Crippen molar-refractivity contribution in [2.75, 3.05) is 20.0 Å². The minimum absolute atomic E-state index is 0.0360. The first-order valence-corrected chi connectivity index (χ1v) is 11.7. The quantitative estimate of drug-likeness (QED) is 0.303. The highest BCUT2D eigenvalue weighted by atomic mass is 32.2. The van der Waals surface area contributed by atoms with Gasteiger partial charge >= 0.3 is 0 Å². The van der Waals surface area contributed by atoms with Gasteiger partial charge < -0.3 is 9.30 Å². The van der Waals surface area contributed by atoms with Gasteiger partial charge in [-0.2, -0.15) is 4.99 Å². The minimum atomic E-state index is -3.36. The molecule has 0 saturated heterocycles. The number of nitro groups is 1. The van der Waals surface area contributed by atoms with Crippen molar-refractivity contribution in [3.05, 3.63) is 69.0 Å². The SMILES string of the molecule is COCCn1c(=NC(=O)/C=C\c2ccc([N+](=O)[O-])cc2)sc2cc(S(C)(=O)=O)ccc21. The number of ether oxygens (including phenoxy) is 1. The highest BCUT2D eigenvalue weighted by Crippen LogP contribution is 2.22. The molecule has 1 aromatic heterocycles. The lowest BCUT2D eigenvalue weighted by molar-refractivity contribution is -0.384. The second kappa shape index (κ2) is 9.33. The number of hydrogen-bond donors (Lipinski definition) is 0. The normalized spacial score (nSPS) is 12.6. The maximum atomic E-state index is 12.4. The zero-order valence-corrected chi connectivity index (χ0v) is 18.4. The first kappa shape index (κ1) is 22.5. The zero-order valence-electron chi connectivity index (χ0n) is 16.7. The van der Waals surface area contributed by atoms with E-state index in [0.717, 1.165) is 11.8 Å². The van der Waals surface area contributed by atoms with E-state index < -0.39 is 20.7 Å². The van der Waals surface area contributed by atoms with Gasteiger partial charge in [-0.1, -0.05) is 11.3 Å². The summed E-state index contributed by atoms with van der Waals surface area (Å²) < 4.78 is 31.3. The van der Waals surface area contributed by atoms with E-state index in [0.29, 0.717) is 28.2 Å². The Morgan fingerprint density at radius 3 is 2.58 bits per heavy atom. The Kier molecular flexibility index (Phi) is 6.78. The lowest BCUT2D eigenvalue weighted by Crippen LogP contribution is -2.18. The van der Waals surface area contributed by atoms with Gasteiger partial charge in [-0.3, -0.25) is 14.9 Å². The number of nitrogens with zero attached hydrogens (tertiary/aromatic N) is 3. The summed E-state index contributed by atoms with van der Waals surface area (Å²) in [4.78, 5) is 27.4. The molecule has 0 N–H and O–H groups in total. The average Bonchev–Trinajstić information content (AvgIpc) is 3.06. The van der Waals surface area contributed by atoms with E-state index in [2.05, 4.69) is 4.99 Å². The van der Waals surface area contributed by atoms with Gasteiger partial charge in [0, 0.05) is 38.1 Å². The van der Waals surface area contributed by atoms with Gasteiger partial charge in [0.25, 0.3) is 11.6 Å². The maximum absolute atomic E-state index is 12.4. The minimum Gasteiger partial charge on any atom is -0.383 e. The molecule has 0 bridgehead atoms. The molecule has 0 aliphatic heterocycles. The van der Waals surface area contributed by atoms with Gasteiger partial charge in [0.05, 0.1) is 26.6 Å². The van der Waals surface area contributed by atoms with Crippen molar-refractivity contribution in [3.63, 3.8) is 0 Å². The summed E-state index contributed by atoms with van der Waals surface area (Å²) in [7, 11) is -1.80. The zero-order chi connectivity index (χ0) is 22.6. The molecule has 9 nitrogen and oxygen atoms in total. The van der Waals surface area contributed by atoms with Gasteiger partial charge in [-0.15, -0.1) is 0 Å². The Morgan fingerprint density at radius 2 is 1.97 bits per heavy atom. The van der Waals surface area contributed by atoms with Crippen molar-refractivity contribution in [2.45, 2.75) is 11.4 Å². The summed E-state index contributed by atoms with van der Waals surface area (Å²) in [6.07, 6.45) is 3.93. The number of aromatic nitrogens is 1. The van der Waals surface area contributed by atoms with Crippen molar-refractivity contribution in [3.8, 4) is 0 Å². The van der Waals surface area contributed by atoms with E-state index in [1.54, 1.807) is 23.8 Å². The number of methoxy groups -OCH3 is 1. The number of benzene rings is 2. The van der Waals surface area contributed by atoms with Crippen LogP contribution in [0.1, 0.15) is 5.56 Å². The van der Waals surface area contributed by atoms with Gasteiger partial charge in [-0.25, -0.2) is 8.42 Å². The van der Waals surface area contributed by atoms with Crippen molar-refractivity contribution < 1.29 is 22.9 Å². The van der Waals surface area contributed by atoms with E-state index in [1.165, 1.54) is 53.8 Å². The summed E-state index contributed by atoms with van der Waals surface area (Å²) in [6.45, 7) is 0.826. The molecule has 3 rings (SSSR count). The fraction of sp³-hybridized carbons (Fsp3) is 0.200. The third-order valence-corrected chi connectivity index (χ3v) is 6.48. The van der Waals surface area contributed by atoms with Crippen molar-refractivity contribution in [1.82, 2.24) is 4.57 Å². The van der Waals surface area contributed by atoms with Crippen LogP contribution >= 0.6 is 11.3 Å². The Balaban J connectivity index is 1.96. The number of thiazole rings is 1. The standard InChI is InChI=1S/C20H19N3O6S2/c1-29-12-11-22-17-9-8-16(31(2,27)28)13-18(17)30-20(22)21-19(24)10-5-14-3-6-15(7-4-14)23(25)26/h3-10,13H,11-12H2,1-2H3/b10-5-,21-20?. The monoisotopic (exact) mass is 461 g/mol.